The highest BCUT2D eigenvalue weighted by atomic mass is 16.4. The van der Waals surface area contributed by atoms with Crippen molar-refractivity contribution in [1.29, 1.82) is 0 Å². The Morgan fingerprint density at radius 1 is 1.29 bits per heavy atom. The van der Waals surface area contributed by atoms with Crippen LogP contribution in [0.5, 0.6) is 0 Å². The standard InChI is InChI=1S/C13H24N2O2/c16-13(17)6-8-15-9-7-14-10-12(15)11-4-2-1-3-5-11/h11-12,14H,1-10H2,(H,16,17). The quantitative estimate of drug-likeness (QED) is 0.778. The summed E-state index contributed by atoms with van der Waals surface area (Å²) in [5.41, 5.74) is 0. The van der Waals surface area contributed by atoms with Crippen molar-refractivity contribution in [2.45, 2.75) is 44.6 Å². The summed E-state index contributed by atoms with van der Waals surface area (Å²) in [6.07, 6.45) is 7.03. The van der Waals surface area contributed by atoms with Crippen LogP contribution in [0.1, 0.15) is 38.5 Å². The van der Waals surface area contributed by atoms with Crippen LogP contribution in [0.2, 0.25) is 0 Å². The number of nitrogens with zero attached hydrogens (tertiary/aromatic N) is 1. The van der Waals surface area contributed by atoms with Crippen LogP contribution in [0.3, 0.4) is 0 Å². The van der Waals surface area contributed by atoms with Crippen molar-refractivity contribution in [3.05, 3.63) is 0 Å². The summed E-state index contributed by atoms with van der Waals surface area (Å²) in [5, 5.41) is 12.3. The Kier molecular flexibility index (Phi) is 4.80. The number of carboxylic acids is 1. The summed E-state index contributed by atoms with van der Waals surface area (Å²) in [6, 6.07) is 0.573. The molecule has 1 unspecified atom stereocenters. The van der Waals surface area contributed by atoms with Gasteiger partial charge in [-0.1, -0.05) is 19.3 Å². The van der Waals surface area contributed by atoms with E-state index in [-0.39, 0.29) is 6.42 Å². The fourth-order valence-electron chi connectivity index (χ4n) is 3.27. The lowest BCUT2D eigenvalue weighted by Crippen LogP contribution is -2.55. The van der Waals surface area contributed by atoms with Crippen molar-refractivity contribution in [1.82, 2.24) is 10.2 Å². The smallest absolute Gasteiger partial charge is 0.304 e. The zero-order valence-corrected chi connectivity index (χ0v) is 10.5. The third-order valence-corrected chi connectivity index (χ3v) is 4.21. The van der Waals surface area contributed by atoms with Gasteiger partial charge in [0.15, 0.2) is 0 Å². The molecular weight excluding hydrogens is 216 g/mol. The van der Waals surface area contributed by atoms with Crippen LogP contribution in [0.25, 0.3) is 0 Å². The van der Waals surface area contributed by atoms with Crippen LogP contribution in [0, 0.1) is 5.92 Å². The van der Waals surface area contributed by atoms with Crippen molar-refractivity contribution < 1.29 is 9.90 Å². The highest BCUT2D eigenvalue weighted by molar-refractivity contribution is 5.66. The molecule has 1 heterocycles. The molecule has 1 aliphatic carbocycles. The largest absolute Gasteiger partial charge is 0.481 e. The van der Waals surface area contributed by atoms with Gasteiger partial charge < -0.3 is 10.4 Å². The average molecular weight is 240 g/mol. The fourth-order valence-corrected chi connectivity index (χ4v) is 3.27. The Balaban J connectivity index is 1.88. The van der Waals surface area contributed by atoms with Gasteiger partial charge in [0.05, 0.1) is 6.42 Å². The summed E-state index contributed by atoms with van der Waals surface area (Å²) in [7, 11) is 0. The Labute approximate surface area is 103 Å². The first kappa shape index (κ1) is 12.8. The van der Waals surface area contributed by atoms with Gasteiger partial charge in [0.25, 0.3) is 0 Å². The number of nitrogens with one attached hydrogen (secondary N) is 1. The second-order valence-corrected chi connectivity index (χ2v) is 5.35. The Morgan fingerprint density at radius 2 is 2.06 bits per heavy atom. The van der Waals surface area contributed by atoms with E-state index in [1.807, 2.05) is 0 Å². The lowest BCUT2D eigenvalue weighted by Gasteiger charge is -2.42. The van der Waals surface area contributed by atoms with E-state index in [1.165, 1.54) is 32.1 Å². The van der Waals surface area contributed by atoms with E-state index in [4.69, 9.17) is 5.11 Å². The van der Waals surface area contributed by atoms with Crippen molar-refractivity contribution in [3.63, 3.8) is 0 Å². The number of rotatable bonds is 4. The van der Waals surface area contributed by atoms with Crippen LogP contribution in [0.4, 0.5) is 0 Å². The zero-order chi connectivity index (χ0) is 12.1. The van der Waals surface area contributed by atoms with Crippen molar-refractivity contribution >= 4 is 5.97 Å². The Bertz CT molecular complexity index is 252. The SMILES string of the molecule is O=C(O)CCN1CCNCC1C1CCCCC1. The minimum absolute atomic E-state index is 0.281. The molecule has 98 valence electrons. The van der Waals surface area contributed by atoms with Gasteiger partial charge in [-0.15, -0.1) is 0 Å². The lowest BCUT2D eigenvalue weighted by atomic mass is 9.82. The molecule has 4 heteroatoms. The zero-order valence-electron chi connectivity index (χ0n) is 10.5. The summed E-state index contributed by atoms with van der Waals surface area (Å²) in [6.45, 7) is 3.78. The monoisotopic (exact) mass is 240 g/mol. The molecular formula is C13H24N2O2. The molecule has 1 aliphatic heterocycles. The molecule has 2 aliphatic rings. The van der Waals surface area contributed by atoms with Gasteiger partial charge in [-0.2, -0.15) is 0 Å². The fraction of sp³-hybridized carbons (Fsp3) is 0.923. The van der Waals surface area contributed by atoms with Crippen LogP contribution < -0.4 is 5.32 Å². The molecule has 2 fully saturated rings. The van der Waals surface area contributed by atoms with Gasteiger partial charge in [-0.05, 0) is 18.8 Å². The van der Waals surface area contributed by atoms with Gasteiger partial charge in [-0.25, -0.2) is 0 Å². The van der Waals surface area contributed by atoms with E-state index >= 15 is 0 Å². The van der Waals surface area contributed by atoms with Crippen LogP contribution in [-0.2, 0) is 4.79 Å². The molecule has 0 amide bonds. The normalized spacial score (nSPS) is 28.1. The van der Waals surface area contributed by atoms with Crippen molar-refractivity contribution in [2.24, 2.45) is 5.92 Å². The third-order valence-electron chi connectivity index (χ3n) is 4.21. The number of aliphatic carboxylic acids is 1. The highest BCUT2D eigenvalue weighted by Gasteiger charge is 2.30. The van der Waals surface area contributed by atoms with E-state index in [1.54, 1.807) is 0 Å². The van der Waals surface area contributed by atoms with Crippen molar-refractivity contribution in [3.8, 4) is 0 Å². The summed E-state index contributed by atoms with van der Waals surface area (Å²) >= 11 is 0. The Hall–Kier alpha value is -0.610. The van der Waals surface area contributed by atoms with Gasteiger partial charge in [-0.3, -0.25) is 9.69 Å². The number of piperazine rings is 1. The van der Waals surface area contributed by atoms with Crippen LogP contribution in [0.15, 0.2) is 0 Å². The number of hydrogen-bond donors (Lipinski definition) is 2. The maximum Gasteiger partial charge on any atom is 0.304 e. The van der Waals surface area contributed by atoms with Gasteiger partial charge in [0, 0.05) is 32.2 Å². The van der Waals surface area contributed by atoms with Crippen LogP contribution in [-0.4, -0.2) is 48.2 Å². The molecule has 0 aromatic carbocycles. The van der Waals surface area contributed by atoms with E-state index in [9.17, 15) is 4.79 Å². The van der Waals surface area contributed by atoms with Gasteiger partial charge >= 0.3 is 5.97 Å². The molecule has 1 saturated heterocycles. The lowest BCUT2D eigenvalue weighted by molar-refractivity contribution is -0.137. The first-order valence-corrected chi connectivity index (χ1v) is 6.94. The maximum atomic E-state index is 10.7. The third kappa shape index (κ3) is 3.68. The van der Waals surface area contributed by atoms with E-state index in [0.29, 0.717) is 6.04 Å². The summed E-state index contributed by atoms with van der Waals surface area (Å²) < 4.78 is 0. The molecule has 1 saturated carbocycles. The average Bonchev–Trinajstić information content (AvgIpc) is 2.38. The molecule has 4 nitrogen and oxygen atoms in total. The minimum atomic E-state index is -0.675. The van der Waals surface area contributed by atoms with E-state index < -0.39 is 5.97 Å². The second kappa shape index (κ2) is 6.36. The Morgan fingerprint density at radius 3 is 2.76 bits per heavy atom. The molecule has 0 aromatic rings. The topological polar surface area (TPSA) is 52.6 Å². The summed E-state index contributed by atoms with van der Waals surface area (Å²) in [4.78, 5) is 13.1. The molecule has 1 atom stereocenters. The predicted molar refractivity (Wildman–Crippen MR) is 67.1 cm³/mol. The number of hydrogen-bond acceptors (Lipinski definition) is 3. The van der Waals surface area contributed by atoms with Gasteiger partial charge in [0.1, 0.15) is 0 Å². The maximum absolute atomic E-state index is 10.7. The second-order valence-electron chi connectivity index (χ2n) is 5.35. The molecule has 17 heavy (non-hydrogen) atoms. The molecule has 2 rings (SSSR count). The number of carbonyl (C=O) groups is 1. The highest BCUT2D eigenvalue weighted by Crippen LogP contribution is 2.29. The van der Waals surface area contributed by atoms with Crippen LogP contribution >= 0.6 is 0 Å². The molecule has 2 N–H and O–H groups in total. The molecule has 0 aromatic heterocycles. The van der Waals surface area contributed by atoms with E-state index in [2.05, 4.69) is 10.2 Å². The first-order chi connectivity index (χ1) is 8.27. The van der Waals surface area contributed by atoms with Crippen molar-refractivity contribution in [2.75, 3.05) is 26.2 Å². The molecule has 0 bridgehead atoms. The summed E-state index contributed by atoms with van der Waals surface area (Å²) in [5.74, 6) is 0.108. The first-order valence-electron chi connectivity index (χ1n) is 6.94. The molecule has 0 spiro atoms. The molecule has 0 radical (unpaired) electrons. The minimum Gasteiger partial charge on any atom is -0.481 e. The van der Waals surface area contributed by atoms with Gasteiger partial charge in [0.2, 0.25) is 0 Å². The predicted octanol–water partition coefficient (Wildman–Crippen LogP) is 1.32. The number of carboxylic acid groups (broad SMARTS) is 1. The van der Waals surface area contributed by atoms with E-state index in [0.717, 1.165) is 32.1 Å².